The van der Waals surface area contributed by atoms with Crippen LogP contribution in [0.15, 0.2) is 77.5 Å². The molecule has 5 nitrogen and oxygen atoms in total. The van der Waals surface area contributed by atoms with E-state index in [0.29, 0.717) is 17.7 Å². The first kappa shape index (κ1) is 27.4. The molecule has 0 aliphatic carbocycles. The van der Waals surface area contributed by atoms with Crippen molar-refractivity contribution >= 4 is 17.2 Å². The Morgan fingerprint density at radius 3 is 2.50 bits per heavy atom. The summed E-state index contributed by atoms with van der Waals surface area (Å²) in [6, 6.07) is 17.5. The maximum atomic E-state index is 13.9. The molecule has 0 radical (unpaired) electrons. The number of carbonyl (C=O) groups is 1. The van der Waals surface area contributed by atoms with E-state index in [1.54, 1.807) is 30.6 Å². The van der Waals surface area contributed by atoms with Gasteiger partial charge in [-0.2, -0.15) is 11.3 Å². The summed E-state index contributed by atoms with van der Waals surface area (Å²) in [5.41, 5.74) is 4.59. The number of hydrogen-bond donors (Lipinski definition) is 3. The second kappa shape index (κ2) is 12.8. The van der Waals surface area contributed by atoms with E-state index in [1.165, 1.54) is 12.1 Å². The number of methoxy groups -OCH3 is 1. The highest BCUT2D eigenvalue weighted by Crippen LogP contribution is 2.25. The van der Waals surface area contributed by atoms with Crippen LogP contribution >= 0.6 is 11.3 Å². The topological polar surface area (TPSA) is 70.6 Å². The molecule has 0 saturated carbocycles. The number of halogens is 2. The molecule has 8 heteroatoms. The van der Waals surface area contributed by atoms with E-state index >= 15 is 0 Å². The summed E-state index contributed by atoms with van der Waals surface area (Å²) in [4.78, 5) is 13.3. The van der Waals surface area contributed by atoms with Crippen LogP contribution in [-0.2, 0) is 13.0 Å². The van der Waals surface area contributed by atoms with Gasteiger partial charge in [-0.25, -0.2) is 8.78 Å². The molecule has 0 aliphatic rings. The summed E-state index contributed by atoms with van der Waals surface area (Å²) in [5, 5.41) is 21.1. The van der Waals surface area contributed by atoms with Gasteiger partial charge >= 0.3 is 0 Å². The number of hydrogen-bond acceptors (Lipinski definition) is 5. The van der Waals surface area contributed by atoms with Gasteiger partial charge < -0.3 is 20.5 Å². The van der Waals surface area contributed by atoms with Crippen molar-refractivity contribution in [3.05, 3.63) is 111 Å². The Balaban J connectivity index is 1.51. The molecule has 0 unspecified atom stereocenters. The molecular weight excluding hydrogens is 506 g/mol. The van der Waals surface area contributed by atoms with Crippen LogP contribution in [0.4, 0.5) is 8.78 Å². The number of thiophene rings is 1. The first-order valence-electron chi connectivity index (χ1n) is 12.2. The second-order valence-electron chi connectivity index (χ2n) is 9.21. The summed E-state index contributed by atoms with van der Waals surface area (Å²) >= 11 is 1.57. The highest BCUT2D eigenvalue weighted by atomic mass is 32.1. The molecule has 4 rings (SSSR count). The van der Waals surface area contributed by atoms with Crippen LogP contribution in [0.1, 0.15) is 27.0 Å². The lowest BCUT2D eigenvalue weighted by atomic mass is 9.98. The Bertz CT molecular complexity index is 1360. The molecule has 0 bridgehead atoms. The predicted molar refractivity (Wildman–Crippen MR) is 147 cm³/mol. The number of rotatable bonds is 11. The fourth-order valence-electron chi connectivity index (χ4n) is 4.32. The summed E-state index contributed by atoms with van der Waals surface area (Å²) in [6.45, 7) is 2.52. The zero-order chi connectivity index (χ0) is 27.1. The molecule has 1 amide bonds. The average molecular weight is 537 g/mol. The lowest BCUT2D eigenvalue weighted by Gasteiger charge is -2.25. The predicted octanol–water partition coefficient (Wildman–Crippen LogP) is 5.50. The van der Waals surface area contributed by atoms with Crippen molar-refractivity contribution < 1.29 is 23.4 Å². The Hall–Kier alpha value is -3.59. The number of aryl methyl sites for hydroxylation is 1. The van der Waals surface area contributed by atoms with Gasteiger partial charge in [0.1, 0.15) is 17.4 Å². The average Bonchev–Trinajstić information content (AvgIpc) is 3.43. The Kier molecular flexibility index (Phi) is 9.23. The van der Waals surface area contributed by atoms with Gasteiger partial charge in [-0.05, 0) is 94.4 Å². The summed E-state index contributed by atoms with van der Waals surface area (Å²) in [7, 11) is 1.59. The van der Waals surface area contributed by atoms with E-state index < -0.39 is 23.8 Å². The third-order valence-corrected chi connectivity index (χ3v) is 6.85. The van der Waals surface area contributed by atoms with Gasteiger partial charge in [0.25, 0.3) is 5.91 Å². The van der Waals surface area contributed by atoms with Gasteiger partial charge in [0.2, 0.25) is 0 Å². The van der Waals surface area contributed by atoms with Crippen molar-refractivity contribution in [2.24, 2.45) is 0 Å². The van der Waals surface area contributed by atoms with Crippen molar-refractivity contribution in [2.75, 3.05) is 13.7 Å². The minimum atomic E-state index is -1.03. The molecular formula is C30H30F2N2O3S. The van der Waals surface area contributed by atoms with Crippen LogP contribution in [0.2, 0.25) is 0 Å². The van der Waals surface area contributed by atoms with Gasteiger partial charge in [-0.15, -0.1) is 0 Å². The highest BCUT2D eigenvalue weighted by molar-refractivity contribution is 7.08. The molecule has 198 valence electrons. The summed E-state index contributed by atoms with van der Waals surface area (Å²) < 4.78 is 33.0. The van der Waals surface area contributed by atoms with Crippen LogP contribution in [0.5, 0.6) is 5.75 Å². The third kappa shape index (κ3) is 7.47. The smallest absolute Gasteiger partial charge is 0.251 e. The quantitative estimate of drug-likeness (QED) is 0.237. The molecule has 2 atom stereocenters. The van der Waals surface area contributed by atoms with Crippen molar-refractivity contribution in [1.82, 2.24) is 10.6 Å². The Labute approximate surface area is 225 Å². The lowest BCUT2D eigenvalue weighted by molar-refractivity contribution is 0.0829. The minimum absolute atomic E-state index is 0.0473. The maximum Gasteiger partial charge on any atom is 0.251 e. The summed E-state index contributed by atoms with van der Waals surface area (Å²) in [5.74, 6) is -1.08. The first-order chi connectivity index (χ1) is 18.3. The number of aliphatic hydroxyl groups excluding tert-OH is 1. The molecule has 38 heavy (non-hydrogen) atoms. The number of aliphatic hydroxyl groups is 1. The van der Waals surface area contributed by atoms with Crippen molar-refractivity contribution in [3.8, 4) is 16.9 Å². The van der Waals surface area contributed by atoms with E-state index in [1.807, 2.05) is 54.1 Å². The Morgan fingerprint density at radius 1 is 1.00 bits per heavy atom. The van der Waals surface area contributed by atoms with E-state index in [2.05, 4.69) is 10.6 Å². The van der Waals surface area contributed by atoms with E-state index in [-0.39, 0.29) is 18.9 Å². The van der Waals surface area contributed by atoms with Gasteiger partial charge in [0.15, 0.2) is 0 Å². The van der Waals surface area contributed by atoms with Gasteiger partial charge in [0.05, 0.1) is 19.3 Å². The van der Waals surface area contributed by atoms with E-state index in [0.717, 1.165) is 34.1 Å². The summed E-state index contributed by atoms with van der Waals surface area (Å²) in [6.07, 6.45) is -0.983. The lowest BCUT2D eigenvalue weighted by Crippen LogP contribution is -2.48. The largest absolute Gasteiger partial charge is 0.497 e. The minimum Gasteiger partial charge on any atom is -0.497 e. The molecule has 0 saturated heterocycles. The van der Waals surface area contributed by atoms with E-state index in [9.17, 15) is 18.7 Å². The standard InChI is InChI=1S/C30H30F2N2O3S/c1-19-8-23(22-6-7-38-18-22)14-24(9-19)30(36)34-28(13-21-10-25(31)15-26(32)11-21)29(35)17-33-16-20-4-3-5-27(12-20)37-2/h3-12,14-15,18,28-29,33,35H,13,16-17H2,1-2H3,(H,34,36)/t28-,29+/m0/s1. The van der Waals surface area contributed by atoms with Gasteiger partial charge in [-0.3, -0.25) is 4.79 Å². The van der Waals surface area contributed by atoms with Crippen LogP contribution in [0.25, 0.3) is 11.1 Å². The zero-order valence-corrected chi connectivity index (χ0v) is 22.0. The highest BCUT2D eigenvalue weighted by Gasteiger charge is 2.23. The van der Waals surface area contributed by atoms with E-state index in [4.69, 9.17) is 4.74 Å². The number of ether oxygens (including phenoxy) is 1. The molecule has 0 spiro atoms. The molecule has 1 aromatic heterocycles. The van der Waals surface area contributed by atoms with Crippen LogP contribution in [-0.4, -0.2) is 36.8 Å². The molecule has 0 aliphatic heterocycles. The molecule has 3 N–H and O–H groups in total. The molecule has 1 heterocycles. The van der Waals surface area contributed by atoms with Crippen LogP contribution in [0, 0.1) is 18.6 Å². The SMILES string of the molecule is COc1cccc(CNC[C@@H](O)[C@H](Cc2cc(F)cc(F)c2)NC(=O)c2cc(C)cc(-c3ccsc3)c2)c1. The van der Waals surface area contributed by atoms with Gasteiger partial charge in [0, 0.05) is 24.7 Å². The number of amides is 1. The molecule has 4 aromatic rings. The number of benzene rings is 3. The fraction of sp³-hybridized carbons (Fsp3) is 0.233. The zero-order valence-electron chi connectivity index (χ0n) is 21.2. The Morgan fingerprint density at radius 2 is 1.79 bits per heavy atom. The third-order valence-electron chi connectivity index (χ3n) is 6.17. The normalized spacial score (nSPS) is 12.7. The molecule has 0 fully saturated rings. The van der Waals surface area contributed by atoms with Crippen molar-refractivity contribution in [2.45, 2.75) is 32.0 Å². The van der Waals surface area contributed by atoms with Gasteiger partial charge in [-0.1, -0.05) is 18.2 Å². The number of nitrogens with one attached hydrogen (secondary N) is 2. The van der Waals surface area contributed by atoms with Crippen molar-refractivity contribution in [1.29, 1.82) is 0 Å². The first-order valence-corrected chi connectivity index (χ1v) is 13.2. The molecule has 3 aromatic carbocycles. The van der Waals surface area contributed by atoms with Crippen LogP contribution < -0.4 is 15.4 Å². The van der Waals surface area contributed by atoms with Crippen LogP contribution in [0.3, 0.4) is 0 Å². The second-order valence-corrected chi connectivity index (χ2v) is 9.99. The monoisotopic (exact) mass is 536 g/mol. The fourth-order valence-corrected chi connectivity index (χ4v) is 4.98. The maximum absolute atomic E-state index is 13.9. The number of carbonyl (C=O) groups excluding carboxylic acids is 1. The van der Waals surface area contributed by atoms with Crippen molar-refractivity contribution in [3.63, 3.8) is 0 Å².